The average Bonchev–Trinajstić information content (AvgIpc) is 2.30. The van der Waals surface area contributed by atoms with Crippen molar-refractivity contribution in [3.63, 3.8) is 0 Å². The van der Waals surface area contributed by atoms with E-state index in [1.807, 2.05) is 20.8 Å². The van der Waals surface area contributed by atoms with Crippen molar-refractivity contribution in [1.82, 2.24) is 9.78 Å². The molecule has 6 heteroatoms. The molecule has 0 aliphatic heterocycles. The molecule has 1 aromatic heterocycles. The third-order valence-electron chi connectivity index (χ3n) is 1.93. The summed E-state index contributed by atoms with van der Waals surface area (Å²) in [6.45, 7) is 5.85. The van der Waals surface area contributed by atoms with Crippen molar-refractivity contribution in [2.24, 2.45) is 0 Å². The van der Waals surface area contributed by atoms with Gasteiger partial charge in [0.2, 0.25) is 0 Å². The molecular formula is C9H14IN3O2. The van der Waals surface area contributed by atoms with Gasteiger partial charge in [0, 0.05) is 5.41 Å². The molecule has 1 heterocycles. The number of carboxylic acids is 1. The summed E-state index contributed by atoms with van der Waals surface area (Å²) < 4.78 is 2.16. The minimum Gasteiger partial charge on any atom is -0.480 e. The zero-order chi connectivity index (χ0) is 11.8. The van der Waals surface area contributed by atoms with Gasteiger partial charge in [0.15, 0.2) is 0 Å². The predicted octanol–water partition coefficient (Wildman–Crippen LogP) is 1.45. The Labute approximate surface area is 102 Å². The van der Waals surface area contributed by atoms with Crippen molar-refractivity contribution < 1.29 is 9.90 Å². The topological polar surface area (TPSA) is 81.1 Å². The van der Waals surface area contributed by atoms with Crippen molar-refractivity contribution in [2.75, 3.05) is 5.73 Å². The zero-order valence-electron chi connectivity index (χ0n) is 8.91. The van der Waals surface area contributed by atoms with Crippen LogP contribution >= 0.6 is 22.6 Å². The van der Waals surface area contributed by atoms with Crippen LogP contribution in [-0.4, -0.2) is 20.9 Å². The van der Waals surface area contributed by atoms with Gasteiger partial charge in [-0.15, -0.1) is 0 Å². The molecule has 0 unspecified atom stereocenters. The Bertz CT molecular complexity index is 393. The second-order valence-corrected chi connectivity index (χ2v) is 5.43. The third kappa shape index (κ3) is 2.61. The van der Waals surface area contributed by atoms with E-state index in [0.717, 1.165) is 9.26 Å². The zero-order valence-corrected chi connectivity index (χ0v) is 11.1. The lowest BCUT2D eigenvalue weighted by atomic mass is 9.92. The standard InChI is InChI=1S/C9H14IN3O2/c1-9(2,3)7-6(10)8(11)13(12-7)4-5(14)15/h4,11H2,1-3H3,(H,14,15). The monoisotopic (exact) mass is 323 g/mol. The van der Waals surface area contributed by atoms with Gasteiger partial charge < -0.3 is 10.8 Å². The number of carbonyl (C=O) groups is 1. The maximum atomic E-state index is 10.6. The normalized spacial score (nSPS) is 11.7. The predicted molar refractivity (Wildman–Crippen MR) is 65.7 cm³/mol. The maximum Gasteiger partial charge on any atom is 0.325 e. The smallest absolute Gasteiger partial charge is 0.325 e. The van der Waals surface area contributed by atoms with Crippen molar-refractivity contribution >= 4 is 34.4 Å². The molecular weight excluding hydrogens is 309 g/mol. The molecule has 0 radical (unpaired) electrons. The van der Waals surface area contributed by atoms with Gasteiger partial charge in [-0.05, 0) is 22.6 Å². The molecule has 0 saturated carbocycles. The first kappa shape index (κ1) is 12.3. The Morgan fingerprint density at radius 1 is 1.60 bits per heavy atom. The molecule has 0 aliphatic carbocycles. The molecule has 0 fully saturated rings. The van der Waals surface area contributed by atoms with Gasteiger partial charge in [-0.2, -0.15) is 5.10 Å². The lowest BCUT2D eigenvalue weighted by molar-refractivity contribution is -0.137. The Morgan fingerprint density at radius 3 is 2.47 bits per heavy atom. The highest BCUT2D eigenvalue weighted by molar-refractivity contribution is 14.1. The van der Waals surface area contributed by atoms with E-state index in [1.165, 1.54) is 4.68 Å². The van der Waals surface area contributed by atoms with E-state index in [-0.39, 0.29) is 12.0 Å². The van der Waals surface area contributed by atoms with Crippen molar-refractivity contribution in [1.29, 1.82) is 0 Å². The van der Waals surface area contributed by atoms with Crippen LogP contribution < -0.4 is 5.73 Å². The fourth-order valence-electron chi connectivity index (χ4n) is 1.18. The van der Waals surface area contributed by atoms with E-state index in [2.05, 4.69) is 27.7 Å². The summed E-state index contributed by atoms with van der Waals surface area (Å²) in [5.41, 5.74) is 6.48. The molecule has 0 aliphatic rings. The highest BCUT2D eigenvalue weighted by Crippen LogP contribution is 2.29. The van der Waals surface area contributed by atoms with Gasteiger partial charge in [0.1, 0.15) is 12.4 Å². The van der Waals surface area contributed by atoms with Gasteiger partial charge in [-0.3, -0.25) is 4.79 Å². The number of hydrogen-bond acceptors (Lipinski definition) is 3. The van der Waals surface area contributed by atoms with Crippen LogP contribution in [0.15, 0.2) is 0 Å². The summed E-state index contributed by atoms with van der Waals surface area (Å²) >= 11 is 2.10. The highest BCUT2D eigenvalue weighted by atomic mass is 127. The van der Waals surface area contributed by atoms with Gasteiger partial charge >= 0.3 is 5.97 Å². The van der Waals surface area contributed by atoms with Crippen LogP contribution in [-0.2, 0) is 16.8 Å². The van der Waals surface area contributed by atoms with E-state index in [1.54, 1.807) is 0 Å². The summed E-state index contributed by atoms with van der Waals surface area (Å²) in [6.07, 6.45) is 0. The Kier molecular flexibility index (Phi) is 3.27. The fraction of sp³-hybridized carbons (Fsp3) is 0.556. The van der Waals surface area contributed by atoms with Crippen LogP contribution in [0.2, 0.25) is 0 Å². The van der Waals surface area contributed by atoms with E-state index >= 15 is 0 Å². The van der Waals surface area contributed by atoms with Crippen LogP contribution in [0.25, 0.3) is 0 Å². The summed E-state index contributed by atoms with van der Waals surface area (Å²) in [6, 6.07) is 0. The number of halogens is 1. The summed E-state index contributed by atoms with van der Waals surface area (Å²) in [4.78, 5) is 10.6. The molecule has 1 rings (SSSR count). The Balaban J connectivity index is 3.18. The average molecular weight is 323 g/mol. The summed E-state index contributed by atoms with van der Waals surface area (Å²) in [5.74, 6) is -0.524. The molecule has 0 bridgehead atoms. The molecule has 0 amide bonds. The van der Waals surface area contributed by atoms with Crippen LogP contribution in [0.4, 0.5) is 5.82 Å². The van der Waals surface area contributed by atoms with Gasteiger partial charge in [0.05, 0.1) is 9.26 Å². The first-order valence-corrected chi connectivity index (χ1v) is 5.55. The van der Waals surface area contributed by atoms with Crippen LogP contribution in [0, 0.1) is 3.57 Å². The Morgan fingerprint density at radius 2 is 2.13 bits per heavy atom. The summed E-state index contributed by atoms with van der Waals surface area (Å²) in [5, 5.41) is 12.9. The van der Waals surface area contributed by atoms with Crippen molar-refractivity contribution in [3.05, 3.63) is 9.26 Å². The SMILES string of the molecule is CC(C)(C)c1nn(CC(=O)O)c(N)c1I. The first-order valence-electron chi connectivity index (χ1n) is 4.47. The number of nitrogen functional groups attached to an aromatic ring is 1. The van der Waals surface area contributed by atoms with Crippen LogP contribution in [0.5, 0.6) is 0 Å². The quantitative estimate of drug-likeness (QED) is 0.807. The van der Waals surface area contributed by atoms with Crippen molar-refractivity contribution in [2.45, 2.75) is 32.7 Å². The van der Waals surface area contributed by atoms with E-state index in [9.17, 15) is 4.79 Å². The molecule has 0 aromatic carbocycles. The lowest BCUT2D eigenvalue weighted by Gasteiger charge is -2.15. The van der Waals surface area contributed by atoms with Crippen molar-refractivity contribution in [3.8, 4) is 0 Å². The second-order valence-electron chi connectivity index (χ2n) is 4.35. The number of anilines is 1. The maximum absolute atomic E-state index is 10.6. The molecule has 0 atom stereocenters. The Hall–Kier alpha value is -0.790. The number of rotatable bonds is 2. The lowest BCUT2D eigenvalue weighted by Crippen LogP contribution is -2.16. The van der Waals surface area contributed by atoms with Crippen LogP contribution in [0.3, 0.4) is 0 Å². The number of hydrogen-bond donors (Lipinski definition) is 2. The summed E-state index contributed by atoms with van der Waals surface area (Å²) in [7, 11) is 0. The minimum absolute atomic E-state index is 0.131. The van der Waals surface area contributed by atoms with E-state index in [0.29, 0.717) is 5.82 Å². The number of aliphatic carboxylic acids is 1. The first-order chi connectivity index (χ1) is 6.73. The molecule has 5 nitrogen and oxygen atoms in total. The number of carboxylic acid groups (broad SMARTS) is 1. The number of nitrogens with zero attached hydrogens (tertiary/aromatic N) is 2. The van der Waals surface area contributed by atoms with Gasteiger partial charge in [-0.25, -0.2) is 4.68 Å². The van der Waals surface area contributed by atoms with Gasteiger partial charge in [0.25, 0.3) is 0 Å². The fourth-order valence-corrected chi connectivity index (χ4v) is 2.38. The molecule has 3 N–H and O–H groups in total. The molecule has 0 spiro atoms. The molecule has 1 aromatic rings. The van der Waals surface area contributed by atoms with E-state index in [4.69, 9.17) is 10.8 Å². The minimum atomic E-state index is -0.943. The van der Waals surface area contributed by atoms with Crippen LogP contribution in [0.1, 0.15) is 26.5 Å². The van der Waals surface area contributed by atoms with Gasteiger partial charge in [-0.1, -0.05) is 20.8 Å². The third-order valence-corrected chi connectivity index (χ3v) is 2.99. The molecule has 0 saturated heterocycles. The number of aromatic nitrogens is 2. The largest absolute Gasteiger partial charge is 0.480 e. The second kappa shape index (κ2) is 3.99. The molecule has 15 heavy (non-hydrogen) atoms. The molecule has 84 valence electrons. The van der Waals surface area contributed by atoms with E-state index < -0.39 is 5.97 Å². The highest BCUT2D eigenvalue weighted by Gasteiger charge is 2.24. The number of nitrogens with two attached hydrogens (primary N) is 1.